The molecule has 0 fully saturated rings. The van der Waals surface area contributed by atoms with E-state index < -0.39 is 11.2 Å². The van der Waals surface area contributed by atoms with E-state index in [4.69, 9.17) is 21.1 Å². The fraction of sp³-hybridized carbons (Fsp3) is 0.235. The van der Waals surface area contributed by atoms with Crippen molar-refractivity contribution >= 4 is 23.2 Å². The molecule has 4 nitrogen and oxygen atoms in total. The van der Waals surface area contributed by atoms with E-state index in [9.17, 15) is 9.18 Å². The van der Waals surface area contributed by atoms with Crippen LogP contribution in [0.3, 0.4) is 0 Å². The average molecular weight is 336 g/mol. The third-order valence-corrected chi connectivity index (χ3v) is 4.28. The number of methoxy groups -OCH3 is 2. The zero-order valence-electron chi connectivity index (χ0n) is 12.7. The van der Waals surface area contributed by atoms with Crippen LogP contribution in [0.15, 0.2) is 36.4 Å². The number of benzene rings is 2. The zero-order chi connectivity index (χ0) is 16.6. The van der Waals surface area contributed by atoms with E-state index in [-0.39, 0.29) is 12.5 Å². The number of nitrogens with zero attached hydrogens (tertiary/aromatic N) is 1. The first kappa shape index (κ1) is 15.6. The minimum absolute atomic E-state index is 0.273. The molecule has 0 N–H and O–H groups in total. The first-order valence-corrected chi connectivity index (χ1v) is 7.44. The summed E-state index contributed by atoms with van der Waals surface area (Å²) in [4.78, 5) is 13.9. The van der Waals surface area contributed by atoms with E-state index in [0.29, 0.717) is 22.7 Å². The maximum Gasteiger partial charge on any atom is 0.249 e. The fourth-order valence-corrected chi connectivity index (χ4v) is 2.97. The second-order valence-electron chi connectivity index (χ2n) is 5.17. The van der Waals surface area contributed by atoms with Gasteiger partial charge in [0.2, 0.25) is 5.91 Å². The van der Waals surface area contributed by atoms with Crippen molar-refractivity contribution in [3.05, 3.63) is 53.3 Å². The smallest absolute Gasteiger partial charge is 0.249 e. The highest BCUT2D eigenvalue weighted by atomic mass is 35.5. The number of carbonyl (C=O) groups is 1. The van der Waals surface area contributed by atoms with Crippen LogP contribution < -0.4 is 14.4 Å². The molecule has 6 heteroatoms. The SMILES string of the molecule is COc1ccc(CN2C(=O)C(Cl)c3cc(F)ccc32)c(OC)c1. The lowest BCUT2D eigenvalue weighted by molar-refractivity contribution is -0.117. The van der Waals surface area contributed by atoms with Gasteiger partial charge in [0.1, 0.15) is 22.7 Å². The molecule has 1 aliphatic heterocycles. The Hall–Kier alpha value is -2.27. The molecule has 0 radical (unpaired) electrons. The predicted molar refractivity (Wildman–Crippen MR) is 85.7 cm³/mol. The molecule has 0 aromatic heterocycles. The molecule has 0 spiro atoms. The summed E-state index contributed by atoms with van der Waals surface area (Å²) in [6.07, 6.45) is 0. The normalized spacial score (nSPS) is 16.4. The summed E-state index contributed by atoms with van der Waals surface area (Å²) in [5.41, 5.74) is 1.92. The van der Waals surface area contributed by atoms with Gasteiger partial charge in [-0.15, -0.1) is 11.6 Å². The van der Waals surface area contributed by atoms with Gasteiger partial charge in [0.15, 0.2) is 0 Å². The van der Waals surface area contributed by atoms with Gasteiger partial charge in [-0.2, -0.15) is 0 Å². The third-order valence-electron chi connectivity index (χ3n) is 3.86. The number of halogens is 2. The van der Waals surface area contributed by atoms with Crippen LogP contribution in [0.25, 0.3) is 0 Å². The average Bonchev–Trinajstić information content (AvgIpc) is 2.80. The minimum atomic E-state index is -0.870. The Morgan fingerprint density at radius 2 is 1.96 bits per heavy atom. The van der Waals surface area contributed by atoms with Crippen molar-refractivity contribution in [3.63, 3.8) is 0 Å². The third kappa shape index (κ3) is 2.72. The predicted octanol–water partition coefficient (Wildman–Crippen LogP) is 3.67. The molecule has 0 bridgehead atoms. The molecule has 1 aliphatic rings. The monoisotopic (exact) mass is 335 g/mol. The van der Waals surface area contributed by atoms with Crippen molar-refractivity contribution in [2.75, 3.05) is 19.1 Å². The van der Waals surface area contributed by atoms with Crippen molar-refractivity contribution in [2.24, 2.45) is 0 Å². The van der Waals surface area contributed by atoms with Gasteiger partial charge in [-0.05, 0) is 30.3 Å². The number of carbonyl (C=O) groups excluding carboxylic acids is 1. The van der Waals surface area contributed by atoms with Gasteiger partial charge in [-0.25, -0.2) is 4.39 Å². The molecular formula is C17H15ClFNO3. The van der Waals surface area contributed by atoms with Gasteiger partial charge in [0.25, 0.3) is 0 Å². The van der Waals surface area contributed by atoms with E-state index in [2.05, 4.69) is 0 Å². The first-order chi connectivity index (χ1) is 11.0. The van der Waals surface area contributed by atoms with Crippen LogP contribution in [0.5, 0.6) is 11.5 Å². The van der Waals surface area contributed by atoms with Gasteiger partial charge in [0, 0.05) is 22.9 Å². The summed E-state index contributed by atoms with van der Waals surface area (Å²) in [6, 6.07) is 9.56. The number of anilines is 1. The molecule has 2 aromatic carbocycles. The van der Waals surface area contributed by atoms with Crippen LogP contribution >= 0.6 is 11.6 Å². The van der Waals surface area contributed by atoms with Crippen molar-refractivity contribution in [3.8, 4) is 11.5 Å². The highest BCUT2D eigenvalue weighted by molar-refractivity contribution is 6.35. The molecular weight excluding hydrogens is 321 g/mol. The zero-order valence-corrected chi connectivity index (χ0v) is 13.4. The van der Waals surface area contributed by atoms with Gasteiger partial charge in [-0.3, -0.25) is 4.79 Å². The number of hydrogen-bond acceptors (Lipinski definition) is 3. The van der Waals surface area contributed by atoms with Crippen LogP contribution in [0, 0.1) is 5.82 Å². The highest BCUT2D eigenvalue weighted by Gasteiger charge is 2.36. The van der Waals surface area contributed by atoms with E-state index >= 15 is 0 Å². The summed E-state index contributed by atoms with van der Waals surface area (Å²) >= 11 is 6.14. The Balaban J connectivity index is 1.97. The summed E-state index contributed by atoms with van der Waals surface area (Å²) < 4.78 is 23.9. The molecule has 1 unspecified atom stereocenters. The lowest BCUT2D eigenvalue weighted by Gasteiger charge is -2.19. The van der Waals surface area contributed by atoms with E-state index in [1.165, 1.54) is 17.0 Å². The molecule has 0 saturated heterocycles. The van der Waals surface area contributed by atoms with E-state index in [0.717, 1.165) is 5.56 Å². The van der Waals surface area contributed by atoms with Crippen molar-refractivity contribution in [2.45, 2.75) is 11.9 Å². The van der Waals surface area contributed by atoms with Crippen molar-refractivity contribution in [1.29, 1.82) is 0 Å². The molecule has 0 saturated carbocycles. The standard InChI is InChI=1S/C17H15ClFNO3/c1-22-12-5-3-10(15(8-12)23-2)9-20-14-6-4-11(19)7-13(14)16(18)17(20)21/h3-8,16H,9H2,1-2H3. The number of hydrogen-bond donors (Lipinski definition) is 0. The number of amides is 1. The Morgan fingerprint density at radius 1 is 1.17 bits per heavy atom. The summed E-state index contributed by atoms with van der Waals surface area (Å²) in [5.74, 6) is 0.589. The number of rotatable bonds is 4. The van der Waals surface area contributed by atoms with Gasteiger partial charge in [-0.1, -0.05) is 0 Å². The number of ether oxygens (including phenoxy) is 2. The van der Waals surface area contributed by atoms with E-state index in [1.54, 1.807) is 32.4 Å². The molecule has 120 valence electrons. The van der Waals surface area contributed by atoms with Crippen LogP contribution in [0.2, 0.25) is 0 Å². The summed E-state index contributed by atoms with van der Waals surface area (Å²) in [7, 11) is 3.12. The van der Waals surface area contributed by atoms with Crippen LogP contribution in [-0.4, -0.2) is 20.1 Å². The summed E-state index contributed by atoms with van der Waals surface area (Å²) in [5, 5.41) is -0.870. The lowest BCUT2D eigenvalue weighted by atomic mass is 10.1. The minimum Gasteiger partial charge on any atom is -0.497 e. The maximum absolute atomic E-state index is 13.4. The molecule has 1 amide bonds. The number of fused-ring (bicyclic) bond motifs is 1. The second-order valence-corrected chi connectivity index (χ2v) is 5.60. The Bertz CT molecular complexity index is 765. The first-order valence-electron chi connectivity index (χ1n) is 7.01. The fourth-order valence-electron chi connectivity index (χ4n) is 2.68. The largest absolute Gasteiger partial charge is 0.497 e. The van der Waals surface area contributed by atoms with Gasteiger partial charge < -0.3 is 14.4 Å². The van der Waals surface area contributed by atoms with Gasteiger partial charge in [0.05, 0.1) is 20.8 Å². The maximum atomic E-state index is 13.4. The quantitative estimate of drug-likeness (QED) is 0.800. The Labute approximate surface area is 138 Å². The second kappa shape index (κ2) is 6.08. The highest BCUT2D eigenvalue weighted by Crippen LogP contribution is 2.41. The number of alkyl halides is 1. The molecule has 2 aromatic rings. The van der Waals surface area contributed by atoms with Crippen molar-refractivity contribution in [1.82, 2.24) is 0 Å². The van der Waals surface area contributed by atoms with Crippen LogP contribution in [-0.2, 0) is 11.3 Å². The molecule has 1 heterocycles. The van der Waals surface area contributed by atoms with Crippen molar-refractivity contribution < 1.29 is 18.7 Å². The van der Waals surface area contributed by atoms with Gasteiger partial charge >= 0.3 is 0 Å². The van der Waals surface area contributed by atoms with Crippen LogP contribution in [0.4, 0.5) is 10.1 Å². The Kier molecular flexibility index (Phi) is 4.13. The Morgan fingerprint density at radius 3 is 2.65 bits per heavy atom. The van der Waals surface area contributed by atoms with E-state index in [1.807, 2.05) is 6.07 Å². The van der Waals surface area contributed by atoms with Crippen LogP contribution in [0.1, 0.15) is 16.5 Å². The topological polar surface area (TPSA) is 38.8 Å². The summed E-state index contributed by atoms with van der Waals surface area (Å²) in [6.45, 7) is 0.286. The molecule has 1 atom stereocenters. The molecule has 3 rings (SSSR count). The molecule has 23 heavy (non-hydrogen) atoms. The lowest BCUT2D eigenvalue weighted by Crippen LogP contribution is -2.27. The molecule has 0 aliphatic carbocycles.